The molecule has 20 heavy (non-hydrogen) atoms. The first-order valence-corrected chi connectivity index (χ1v) is 7.80. The van der Waals surface area contributed by atoms with Crippen LogP contribution in [0.1, 0.15) is 50.7 Å². The van der Waals surface area contributed by atoms with Gasteiger partial charge in [0.05, 0.1) is 7.11 Å². The number of benzene rings is 1. The summed E-state index contributed by atoms with van der Waals surface area (Å²) < 4.78 is 5.47. The smallest absolute Gasteiger partial charge is 0.122 e. The van der Waals surface area contributed by atoms with E-state index < -0.39 is 0 Å². The van der Waals surface area contributed by atoms with E-state index in [9.17, 15) is 0 Å². The molecule has 2 rings (SSSR count). The predicted molar refractivity (Wildman–Crippen MR) is 85.1 cm³/mol. The standard InChI is InChI=1S/C18H29NO/c1-13-5-6-17(20-4)15(11-13)12-16(19)14-7-9-18(2,3)10-8-14/h5-6,11,14,16H,7-10,12,19H2,1-4H3. The summed E-state index contributed by atoms with van der Waals surface area (Å²) >= 11 is 0. The van der Waals surface area contributed by atoms with Gasteiger partial charge in [-0.05, 0) is 62.0 Å². The third-order valence-electron chi connectivity index (χ3n) is 4.88. The Hall–Kier alpha value is -1.02. The van der Waals surface area contributed by atoms with E-state index in [1.165, 1.54) is 36.8 Å². The Morgan fingerprint density at radius 1 is 1.30 bits per heavy atom. The average molecular weight is 275 g/mol. The number of aryl methyl sites for hydroxylation is 1. The van der Waals surface area contributed by atoms with Gasteiger partial charge in [-0.3, -0.25) is 0 Å². The highest BCUT2D eigenvalue weighted by Gasteiger charge is 2.30. The minimum atomic E-state index is 0.252. The molecule has 0 aliphatic heterocycles. The van der Waals surface area contributed by atoms with Crippen LogP contribution in [-0.4, -0.2) is 13.2 Å². The van der Waals surface area contributed by atoms with E-state index in [0.717, 1.165) is 12.2 Å². The highest BCUT2D eigenvalue weighted by molar-refractivity contribution is 5.37. The fourth-order valence-corrected chi connectivity index (χ4v) is 3.34. The lowest BCUT2D eigenvalue weighted by Crippen LogP contribution is -2.36. The number of hydrogen-bond acceptors (Lipinski definition) is 2. The molecule has 1 aromatic carbocycles. The van der Waals surface area contributed by atoms with Gasteiger partial charge in [0.25, 0.3) is 0 Å². The lowest BCUT2D eigenvalue weighted by atomic mass is 9.70. The van der Waals surface area contributed by atoms with E-state index in [4.69, 9.17) is 10.5 Å². The van der Waals surface area contributed by atoms with Gasteiger partial charge >= 0.3 is 0 Å². The number of methoxy groups -OCH3 is 1. The molecule has 1 aliphatic carbocycles. The quantitative estimate of drug-likeness (QED) is 0.898. The highest BCUT2D eigenvalue weighted by atomic mass is 16.5. The van der Waals surface area contributed by atoms with Gasteiger partial charge in [-0.2, -0.15) is 0 Å². The first kappa shape index (κ1) is 15.4. The zero-order valence-corrected chi connectivity index (χ0v) is 13.4. The maximum absolute atomic E-state index is 6.49. The van der Waals surface area contributed by atoms with Crippen LogP contribution in [0, 0.1) is 18.3 Å². The largest absolute Gasteiger partial charge is 0.496 e. The van der Waals surface area contributed by atoms with Gasteiger partial charge < -0.3 is 10.5 Å². The Kier molecular flexibility index (Phi) is 4.74. The molecule has 0 aromatic heterocycles. The summed E-state index contributed by atoms with van der Waals surface area (Å²) in [6.07, 6.45) is 6.06. The van der Waals surface area contributed by atoms with Gasteiger partial charge in [0, 0.05) is 6.04 Å². The van der Waals surface area contributed by atoms with E-state index in [0.29, 0.717) is 11.3 Å². The van der Waals surface area contributed by atoms with Crippen molar-refractivity contribution in [3.63, 3.8) is 0 Å². The normalized spacial score (nSPS) is 20.6. The maximum Gasteiger partial charge on any atom is 0.122 e. The maximum atomic E-state index is 6.49. The van der Waals surface area contributed by atoms with Gasteiger partial charge in [-0.25, -0.2) is 0 Å². The topological polar surface area (TPSA) is 35.2 Å². The van der Waals surface area contributed by atoms with E-state index in [1.807, 2.05) is 0 Å². The van der Waals surface area contributed by atoms with Crippen molar-refractivity contribution in [2.75, 3.05) is 7.11 Å². The van der Waals surface area contributed by atoms with Gasteiger partial charge in [0.1, 0.15) is 5.75 Å². The first-order chi connectivity index (χ1) is 9.41. The summed E-state index contributed by atoms with van der Waals surface area (Å²) in [5, 5.41) is 0. The van der Waals surface area contributed by atoms with Gasteiger partial charge in [-0.15, -0.1) is 0 Å². The van der Waals surface area contributed by atoms with Crippen molar-refractivity contribution in [1.82, 2.24) is 0 Å². The van der Waals surface area contributed by atoms with Crippen LogP contribution in [0.25, 0.3) is 0 Å². The molecule has 0 amide bonds. The zero-order valence-electron chi connectivity index (χ0n) is 13.4. The van der Waals surface area contributed by atoms with Crippen LogP contribution in [0.5, 0.6) is 5.75 Å². The van der Waals surface area contributed by atoms with Crippen LogP contribution in [0.2, 0.25) is 0 Å². The summed E-state index contributed by atoms with van der Waals surface area (Å²) in [5.74, 6) is 1.63. The minimum Gasteiger partial charge on any atom is -0.496 e. The molecule has 2 heteroatoms. The fraction of sp³-hybridized carbons (Fsp3) is 0.667. The summed E-state index contributed by atoms with van der Waals surface area (Å²) in [5.41, 5.74) is 9.53. The molecule has 1 fully saturated rings. The molecule has 0 radical (unpaired) electrons. The Bertz CT molecular complexity index is 443. The molecule has 0 saturated heterocycles. The van der Waals surface area contributed by atoms with Crippen molar-refractivity contribution in [2.24, 2.45) is 17.1 Å². The number of ether oxygens (including phenoxy) is 1. The van der Waals surface area contributed by atoms with Crippen LogP contribution in [0.3, 0.4) is 0 Å². The average Bonchev–Trinajstić information content (AvgIpc) is 2.38. The van der Waals surface area contributed by atoms with Crippen LogP contribution in [0.15, 0.2) is 18.2 Å². The molecule has 1 aliphatic rings. The Morgan fingerprint density at radius 2 is 1.95 bits per heavy atom. The highest BCUT2D eigenvalue weighted by Crippen LogP contribution is 2.39. The molecular weight excluding hydrogens is 246 g/mol. The van der Waals surface area contributed by atoms with E-state index >= 15 is 0 Å². The van der Waals surface area contributed by atoms with Crippen molar-refractivity contribution in [3.8, 4) is 5.75 Å². The molecule has 1 unspecified atom stereocenters. The molecule has 1 atom stereocenters. The lowest BCUT2D eigenvalue weighted by molar-refractivity contribution is 0.172. The second kappa shape index (κ2) is 6.17. The molecule has 2 N–H and O–H groups in total. The lowest BCUT2D eigenvalue weighted by Gasteiger charge is -2.37. The molecule has 0 bridgehead atoms. The van der Waals surface area contributed by atoms with E-state index in [2.05, 4.69) is 39.0 Å². The minimum absolute atomic E-state index is 0.252. The van der Waals surface area contributed by atoms with Crippen LogP contribution in [-0.2, 0) is 6.42 Å². The van der Waals surface area contributed by atoms with Crippen molar-refractivity contribution in [1.29, 1.82) is 0 Å². The fourth-order valence-electron chi connectivity index (χ4n) is 3.34. The summed E-state index contributed by atoms with van der Waals surface area (Å²) in [4.78, 5) is 0. The second-order valence-electron chi connectivity index (χ2n) is 7.18. The Morgan fingerprint density at radius 3 is 2.55 bits per heavy atom. The molecule has 2 nitrogen and oxygen atoms in total. The van der Waals surface area contributed by atoms with Crippen LogP contribution < -0.4 is 10.5 Å². The Balaban J connectivity index is 2.01. The van der Waals surface area contributed by atoms with Crippen molar-refractivity contribution in [3.05, 3.63) is 29.3 Å². The number of nitrogens with two attached hydrogens (primary N) is 1. The molecular formula is C18H29NO. The number of rotatable bonds is 4. The van der Waals surface area contributed by atoms with Crippen molar-refractivity contribution < 1.29 is 4.74 Å². The van der Waals surface area contributed by atoms with Crippen molar-refractivity contribution >= 4 is 0 Å². The zero-order chi connectivity index (χ0) is 14.8. The SMILES string of the molecule is COc1ccc(C)cc1CC(N)C1CCC(C)(C)CC1. The van der Waals surface area contributed by atoms with Crippen LogP contribution in [0.4, 0.5) is 0 Å². The Labute approximate surface area is 123 Å². The van der Waals surface area contributed by atoms with Crippen LogP contribution >= 0.6 is 0 Å². The third-order valence-corrected chi connectivity index (χ3v) is 4.88. The van der Waals surface area contributed by atoms with Gasteiger partial charge in [0.2, 0.25) is 0 Å². The molecule has 0 heterocycles. The summed E-state index contributed by atoms with van der Waals surface area (Å²) in [6, 6.07) is 6.62. The molecule has 1 aromatic rings. The molecule has 0 spiro atoms. The summed E-state index contributed by atoms with van der Waals surface area (Å²) in [6.45, 7) is 6.87. The summed E-state index contributed by atoms with van der Waals surface area (Å²) in [7, 11) is 1.74. The molecule has 1 saturated carbocycles. The molecule has 112 valence electrons. The second-order valence-corrected chi connectivity index (χ2v) is 7.18. The monoisotopic (exact) mass is 275 g/mol. The van der Waals surface area contributed by atoms with Gasteiger partial charge in [0.15, 0.2) is 0 Å². The van der Waals surface area contributed by atoms with E-state index in [1.54, 1.807) is 7.11 Å². The van der Waals surface area contributed by atoms with Gasteiger partial charge in [-0.1, -0.05) is 31.5 Å². The van der Waals surface area contributed by atoms with Crippen molar-refractivity contribution in [2.45, 2.75) is 58.9 Å². The van der Waals surface area contributed by atoms with E-state index in [-0.39, 0.29) is 6.04 Å². The number of hydrogen-bond donors (Lipinski definition) is 1. The predicted octanol–water partition coefficient (Wildman–Crippen LogP) is 4.09. The first-order valence-electron chi connectivity index (χ1n) is 7.80. The third kappa shape index (κ3) is 3.76.